The molecule has 0 aliphatic carbocycles. The zero-order valence-electron chi connectivity index (χ0n) is 7.84. The monoisotopic (exact) mass is 188 g/mol. The van der Waals surface area contributed by atoms with Gasteiger partial charge < -0.3 is 20.1 Å². The van der Waals surface area contributed by atoms with Gasteiger partial charge in [0.15, 0.2) is 0 Å². The van der Waals surface area contributed by atoms with Crippen LogP contribution in [0.15, 0.2) is 0 Å². The standard InChI is InChI=1S/C8H16N2O3/c1-12-3-2-9-4-8(11)10-7-5-13-6-7/h7,9H,2-6H2,1H3,(H,10,11). The normalized spacial score (nSPS) is 16.7. The second kappa shape index (κ2) is 5.90. The van der Waals surface area contributed by atoms with Gasteiger partial charge in [-0.15, -0.1) is 0 Å². The van der Waals surface area contributed by atoms with E-state index in [4.69, 9.17) is 9.47 Å². The van der Waals surface area contributed by atoms with Crippen molar-refractivity contribution in [2.24, 2.45) is 0 Å². The van der Waals surface area contributed by atoms with Crippen LogP contribution in [0.25, 0.3) is 0 Å². The molecule has 13 heavy (non-hydrogen) atoms. The third-order valence-corrected chi connectivity index (χ3v) is 1.77. The molecule has 1 saturated heterocycles. The van der Waals surface area contributed by atoms with Gasteiger partial charge in [0, 0.05) is 13.7 Å². The topological polar surface area (TPSA) is 59.6 Å². The molecule has 0 saturated carbocycles. The summed E-state index contributed by atoms with van der Waals surface area (Å²) in [4.78, 5) is 11.1. The quantitative estimate of drug-likeness (QED) is 0.511. The lowest BCUT2D eigenvalue weighted by Crippen LogP contribution is -2.50. The number of amides is 1. The zero-order valence-corrected chi connectivity index (χ0v) is 7.84. The van der Waals surface area contributed by atoms with Gasteiger partial charge in [-0.25, -0.2) is 0 Å². The highest BCUT2D eigenvalue weighted by molar-refractivity contribution is 5.78. The summed E-state index contributed by atoms with van der Waals surface area (Å²) in [5, 5.41) is 5.79. The summed E-state index contributed by atoms with van der Waals surface area (Å²) in [5.74, 6) is 0.0180. The average molecular weight is 188 g/mol. The molecule has 0 spiro atoms. The van der Waals surface area contributed by atoms with Gasteiger partial charge in [0.25, 0.3) is 0 Å². The minimum Gasteiger partial charge on any atom is -0.383 e. The number of nitrogens with one attached hydrogen (secondary N) is 2. The lowest BCUT2D eigenvalue weighted by Gasteiger charge is -2.26. The van der Waals surface area contributed by atoms with Crippen LogP contribution in [-0.2, 0) is 14.3 Å². The second-order valence-electron chi connectivity index (χ2n) is 2.97. The molecule has 1 rings (SSSR count). The van der Waals surface area contributed by atoms with Crippen molar-refractivity contribution in [2.75, 3.05) is 40.0 Å². The number of ether oxygens (including phenoxy) is 2. The molecule has 0 aromatic heterocycles. The van der Waals surface area contributed by atoms with E-state index in [0.29, 0.717) is 32.9 Å². The smallest absolute Gasteiger partial charge is 0.234 e. The van der Waals surface area contributed by atoms with Crippen LogP contribution in [0.4, 0.5) is 0 Å². The van der Waals surface area contributed by atoms with E-state index in [2.05, 4.69) is 10.6 Å². The summed E-state index contributed by atoms with van der Waals surface area (Å²) < 4.78 is 9.75. The Morgan fingerprint density at radius 3 is 2.92 bits per heavy atom. The van der Waals surface area contributed by atoms with E-state index in [1.54, 1.807) is 7.11 Å². The molecule has 1 fully saturated rings. The summed E-state index contributed by atoms with van der Waals surface area (Å²) in [7, 11) is 1.63. The Hall–Kier alpha value is -0.650. The summed E-state index contributed by atoms with van der Waals surface area (Å²) in [6, 6.07) is 0.219. The van der Waals surface area contributed by atoms with Crippen molar-refractivity contribution in [1.29, 1.82) is 0 Å². The number of methoxy groups -OCH3 is 1. The Kier molecular flexibility index (Phi) is 4.74. The highest BCUT2D eigenvalue weighted by Crippen LogP contribution is 1.98. The first kappa shape index (κ1) is 10.4. The number of carbonyl (C=O) groups is 1. The summed E-state index contributed by atoms with van der Waals surface area (Å²) in [6.07, 6.45) is 0. The first-order valence-corrected chi connectivity index (χ1v) is 4.39. The number of hydrogen-bond donors (Lipinski definition) is 2. The molecule has 0 unspecified atom stereocenters. The van der Waals surface area contributed by atoms with Gasteiger partial charge in [0.2, 0.25) is 5.91 Å². The van der Waals surface area contributed by atoms with E-state index < -0.39 is 0 Å². The molecule has 1 amide bonds. The number of carbonyl (C=O) groups excluding carboxylic acids is 1. The van der Waals surface area contributed by atoms with Crippen LogP contribution in [0.1, 0.15) is 0 Å². The van der Waals surface area contributed by atoms with E-state index in [-0.39, 0.29) is 11.9 Å². The van der Waals surface area contributed by atoms with Crippen LogP contribution in [0, 0.1) is 0 Å². The first-order chi connectivity index (χ1) is 6.33. The number of hydrogen-bond acceptors (Lipinski definition) is 4. The molecular weight excluding hydrogens is 172 g/mol. The minimum atomic E-state index is 0.0180. The zero-order chi connectivity index (χ0) is 9.52. The minimum absolute atomic E-state index is 0.0180. The van der Waals surface area contributed by atoms with Crippen molar-refractivity contribution in [3.63, 3.8) is 0 Å². The van der Waals surface area contributed by atoms with Gasteiger partial charge in [-0.1, -0.05) is 0 Å². The molecule has 0 aromatic carbocycles. The maximum Gasteiger partial charge on any atom is 0.234 e. The van der Waals surface area contributed by atoms with Gasteiger partial charge in [-0.05, 0) is 0 Å². The Morgan fingerprint density at radius 2 is 2.38 bits per heavy atom. The second-order valence-corrected chi connectivity index (χ2v) is 2.97. The number of rotatable bonds is 6. The van der Waals surface area contributed by atoms with E-state index >= 15 is 0 Å². The van der Waals surface area contributed by atoms with Gasteiger partial charge in [-0.3, -0.25) is 4.79 Å². The van der Waals surface area contributed by atoms with Gasteiger partial charge >= 0.3 is 0 Å². The highest BCUT2D eigenvalue weighted by atomic mass is 16.5. The SMILES string of the molecule is COCCNCC(=O)NC1COC1. The fourth-order valence-corrected chi connectivity index (χ4v) is 0.974. The average Bonchev–Trinajstić information content (AvgIpc) is 2.06. The van der Waals surface area contributed by atoms with Crippen LogP contribution in [-0.4, -0.2) is 52.0 Å². The Bertz CT molecular complexity index is 159. The molecule has 0 aromatic rings. The predicted octanol–water partition coefficient (Wildman–Crippen LogP) is -1.26. The lowest BCUT2D eigenvalue weighted by atomic mass is 10.2. The van der Waals surface area contributed by atoms with Crippen LogP contribution >= 0.6 is 0 Å². The Labute approximate surface area is 77.8 Å². The molecular formula is C8H16N2O3. The molecule has 5 heteroatoms. The summed E-state index contributed by atoms with van der Waals surface area (Å²) >= 11 is 0. The van der Waals surface area contributed by atoms with Crippen molar-refractivity contribution in [3.05, 3.63) is 0 Å². The van der Waals surface area contributed by atoms with Crippen molar-refractivity contribution >= 4 is 5.91 Å². The lowest BCUT2D eigenvalue weighted by molar-refractivity contribution is -0.124. The maximum absolute atomic E-state index is 11.1. The largest absolute Gasteiger partial charge is 0.383 e. The third-order valence-electron chi connectivity index (χ3n) is 1.77. The molecule has 2 N–H and O–H groups in total. The molecule has 0 bridgehead atoms. The van der Waals surface area contributed by atoms with Crippen molar-refractivity contribution in [3.8, 4) is 0 Å². The van der Waals surface area contributed by atoms with Gasteiger partial charge in [-0.2, -0.15) is 0 Å². The van der Waals surface area contributed by atoms with Crippen LogP contribution < -0.4 is 10.6 Å². The highest BCUT2D eigenvalue weighted by Gasteiger charge is 2.19. The molecule has 0 atom stereocenters. The van der Waals surface area contributed by atoms with E-state index in [0.717, 1.165) is 0 Å². The molecule has 0 radical (unpaired) electrons. The van der Waals surface area contributed by atoms with Crippen LogP contribution in [0.3, 0.4) is 0 Å². The molecule has 1 aliphatic rings. The Morgan fingerprint density at radius 1 is 1.62 bits per heavy atom. The molecule has 1 aliphatic heterocycles. The maximum atomic E-state index is 11.1. The summed E-state index contributed by atoms with van der Waals surface area (Å²) in [6.45, 7) is 2.96. The fraction of sp³-hybridized carbons (Fsp3) is 0.875. The van der Waals surface area contributed by atoms with E-state index in [9.17, 15) is 4.79 Å². The van der Waals surface area contributed by atoms with E-state index in [1.165, 1.54) is 0 Å². The van der Waals surface area contributed by atoms with Gasteiger partial charge in [0.05, 0.1) is 32.4 Å². The molecule has 76 valence electrons. The molecule has 5 nitrogen and oxygen atoms in total. The van der Waals surface area contributed by atoms with Crippen LogP contribution in [0.2, 0.25) is 0 Å². The Balaban J connectivity index is 1.91. The fourth-order valence-electron chi connectivity index (χ4n) is 0.974. The van der Waals surface area contributed by atoms with Crippen molar-refractivity contribution in [2.45, 2.75) is 6.04 Å². The first-order valence-electron chi connectivity index (χ1n) is 4.39. The van der Waals surface area contributed by atoms with Crippen molar-refractivity contribution < 1.29 is 14.3 Å². The summed E-state index contributed by atoms with van der Waals surface area (Å²) in [5.41, 5.74) is 0. The van der Waals surface area contributed by atoms with E-state index in [1.807, 2.05) is 0 Å². The van der Waals surface area contributed by atoms with Crippen molar-refractivity contribution in [1.82, 2.24) is 10.6 Å². The van der Waals surface area contributed by atoms with Gasteiger partial charge in [0.1, 0.15) is 0 Å². The predicted molar refractivity (Wildman–Crippen MR) is 47.5 cm³/mol. The van der Waals surface area contributed by atoms with Crippen LogP contribution in [0.5, 0.6) is 0 Å². The third kappa shape index (κ3) is 4.21. The molecule has 1 heterocycles.